The van der Waals surface area contributed by atoms with Gasteiger partial charge in [0.2, 0.25) is 5.91 Å². The highest BCUT2D eigenvalue weighted by Crippen LogP contribution is 2.41. The number of hydrogen-bond acceptors (Lipinski definition) is 3. The number of benzene rings is 2. The lowest BCUT2D eigenvalue weighted by molar-refractivity contribution is -0.116. The summed E-state index contributed by atoms with van der Waals surface area (Å²) in [6.45, 7) is 0.520. The predicted octanol–water partition coefficient (Wildman–Crippen LogP) is 6.54. The molecule has 2 atom stereocenters. The average molecular weight is 524 g/mol. The Bertz CT molecular complexity index is 1420. The Morgan fingerprint density at radius 3 is 2.63 bits per heavy atom. The molecule has 2 fully saturated rings. The maximum atomic E-state index is 13.2. The predicted molar refractivity (Wildman–Crippen MR) is 156 cm³/mol. The summed E-state index contributed by atoms with van der Waals surface area (Å²) in [5.41, 5.74) is 3.03. The zero-order valence-corrected chi connectivity index (χ0v) is 22.2. The Kier molecular flexibility index (Phi) is 7.10. The Balaban J connectivity index is 1.25. The van der Waals surface area contributed by atoms with Gasteiger partial charge < -0.3 is 20.1 Å². The van der Waals surface area contributed by atoms with Gasteiger partial charge in [-0.1, -0.05) is 61.7 Å². The zero-order valence-electron chi connectivity index (χ0n) is 21.4. The first-order chi connectivity index (χ1) is 18.7. The van der Waals surface area contributed by atoms with Crippen LogP contribution >= 0.6 is 12.2 Å². The zero-order chi connectivity index (χ0) is 25.9. The second kappa shape index (κ2) is 11.0. The number of nitrogens with zero attached hydrogens (tertiary/aromatic N) is 3. The molecular weight excluding hydrogens is 490 g/mol. The van der Waals surface area contributed by atoms with E-state index < -0.39 is 0 Å². The average Bonchev–Trinajstić information content (AvgIpc) is 3.57. The maximum Gasteiger partial charge on any atom is 0.226 e. The molecule has 0 spiro atoms. The van der Waals surface area contributed by atoms with Crippen molar-refractivity contribution in [1.29, 1.82) is 0 Å². The Morgan fingerprint density at radius 2 is 1.79 bits per heavy atom. The number of hydrogen-bond donors (Lipinski definition) is 2. The quantitative estimate of drug-likeness (QED) is 0.269. The third-order valence-corrected chi connectivity index (χ3v) is 8.28. The number of carbonyl (C=O) groups is 1. The summed E-state index contributed by atoms with van der Waals surface area (Å²) in [7, 11) is 0. The molecule has 1 saturated carbocycles. The van der Waals surface area contributed by atoms with Crippen LogP contribution in [0.1, 0.15) is 68.0 Å². The third kappa shape index (κ3) is 4.90. The summed E-state index contributed by atoms with van der Waals surface area (Å²) in [5, 5.41) is 9.49. The first-order valence-electron chi connectivity index (χ1n) is 13.6. The summed E-state index contributed by atoms with van der Waals surface area (Å²) in [5.74, 6) is -0.0214. The van der Waals surface area contributed by atoms with E-state index in [2.05, 4.69) is 61.6 Å². The van der Waals surface area contributed by atoms with E-state index in [0.717, 1.165) is 22.2 Å². The summed E-state index contributed by atoms with van der Waals surface area (Å²) in [6.07, 6.45) is 10.6. The van der Waals surface area contributed by atoms with Crippen LogP contribution < -0.4 is 10.6 Å². The van der Waals surface area contributed by atoms with Crippen LogP contribution in [0.15, 0.2) is 85.2 Å². The van der Waals surface area contributed by atoms with Crippen molar-refractivity contribution in [1.82, 2.24) is 19.8 Å². The highest BCUT2D eigenvalue weighted by molar-refractivity contribution is 7.80. The molecular formula is C31H33N5OS. The number of fused-ring (bicyclic) bond motifs is 1. The minimum Gasteiger partial charge on any atom is -0.352 e. The van der Waals surface area contributed by atoms with Gasteiger partial charge in [-0.15, -0.1) is 0 Å². The van der Waals surface area contributed by atoms with E-state index in [4.69, 9.17) is 12.2 Å². The molecule has 2 aromatic heterocycles. The monoisotopic (exact) mass is 523 g/mol. The molecule has 0 radical (unpaired) electrons. The highest BCUT2D eigenvalue weighted by atomic mass is 32.1. The Labute approximate surface area is 229 Å². The van der Waals surface area contributed by atoms with Crippen LogP contribution in [0.4, 0.5) is 5.69 Å². The highest BCUT2D eigenvalue weighted by Gasteiger charge is 2.41. The molecule has 2 aliphatic rings. The number of aromatic nitrogens is 2. The second-order valence-electron chi connectivity index (χ2n) is 10.3. The number of pyridine rings is 1. The van der Waals surface area contributed by atoms with Crippen molar-refractivity contribution in [3.63, 3.8) is 0 Å². The minimum absolute atomic E-state index is 0.0214. The number of thiocarbonyl (C=S) groups is 1. The van der Waals surface area contributed by atoms with Crippen LogP contribution in [0.5, 0.6) is 0 Å². The summed E-state index contributed by atoms with van der Waals surface area (Å²) < 4.78 is 2.46. The van der Waals surface area contributed by atoms with Gasteiger partial charge in [-0.3, -0.25) is 9.78 Å². The topological polar surface area (TPSA) is 62.2 Å². The molecule has 6 rings (SSSR count). The molecule has 0 unspecified atom stereocenters. The number of rotatable bonds is 7. The van der Waals surface area contributed by atoms with E-state index in [-0.39, 0.29) is 18.0 Å². The number of nitrogens with one attached hydrogen (secondary N) is 2. The fraction of sp³-hybridized carbons (Fsp3) is 0.323. The van der Waals surface area contributed by atoms with Gasteiger partial charge in [0.25, 0.3) is 0 Å². The molecule has 4 aromatic rings. The first kappa shape index (κ1) is 24.6. The lowest BCUT2D eigenvalue weighted by Crippen LogP contribution is -2.33. The summed E-state index contributed by atoms with van der Waals surface area (Å²) in [4.78, 5) is 20.0. The van der Waals surface area contributed by atoms with Gasteiger partial charge in [-0.05, 0) is 60.8 Å². The smallest absolute Gasteiger partial charge is 0.226 e. The van der Waals surface area contributed by atoms with Crippen LogP contribution in [0.25, 0.3) is 10.8 Å². The largest absolute Gasteiger partial charge is 0.352 e. The standard InChI is InChI=1S/C31H33N5OS/c37-28(33-25-16-8-11-22-10-4-5-14-24(22)25)18-21-36-30(29(34-31(36)38)26-15-6-7-19-32-26)27-17-9-20-35(27)23-12-2-1-3-13-23/h4-11,14-17,19-20,23,29-30H,1-3,12-13,18,21H2,(H,33,37)(H,34,38)/t29-,30+/m0/s1. The molecule has 1 aliphatic heterocycles. The van der Waals surface area contributed by atoms with E-state index in [1.807, 2.05) is 48.7 Å². The molecule has 0 bridgehead atoms. The van der Waals surface area contributed by atoms with Crippen molar-refractivity contribution in [2.75, 3.05) is 11.9 Å². The molecule has 2 N–H and O–H groups in total. The SMILES string of the molecule is O=C(CCN1C(=S)N[C@@H](c2ccccn2)[C@H]1c1cccn1C1CCCCC1)Nc1cccc2ccccc12. The van der Waals surface area contributed by atoms with Crippen molar-refractivity contribution >= 4 is 39.7 Å². The van der Waals surface area contributed by atoms with E-state index in [1.54, 1.807) is 0 Å². The van der Waals surface area contributed by atoms with Crippen molar-refractivity contribution in [3.8, 4) is 0 Å². The van der Waals surface area contributed by atoms with Gasteiger partial charge in [0.05, 0.1) is 17.8 Å². The molecule has 194 valence electrons. The third-order valence-electron chi connectivity index (χ3n) is 7.92. The van der Waals surface area contributed by atoms with Crippen LogP contribution in [0.2, 0.25) is 0 Å². The molecule has 1 saturated heterocycles. The Hall–Kier alpha value is -3.71. The van der Waals surface area contributed by atoms with Crippen molar-refractivity contribution < 1.29 is 4.79 Å². The molecule has 3 heterocycles. The van der Waals surface area contributed by atoms with Gasteiger partial charge in [0.1, 0.15) is 0 Å². The van der Waals surface area contributed by atoms with E-state index in [1.165, 1.54) is 37.8 Å². The van der Waals surface area contributed by atoms with E-state index in [9.17, 15) is 4.79 Å². The minimum atomic E-state index is -0.0814. The maximum absolute atomic E-state index is 13.2. The van der Waals surface area contributed by atoms with Gasteiger partial charge in [-0.25, -0.2) is 0 Å². The van der Waals surface area contributed by atoms with Crippen LogP contribution in [-0.4, -0.2) is 32.0 Å². The van der Waals surface area contributed by atoms with Crippen LogP contribution in [-0.2, 0) is 4.79 Å². The molecule has 6 nitrogen and oxygen atoms in total. The van der Waals surface area contributed by atoms with E-state index >= 15 is 0 Å². The lowest BCUT2D eigenvalue weighted by Gasteiger charge is -2.32. The van der Waals surface area contributed by atoms with Crippen molar-refractivity contribution in [3.05, 3.63) is 96.6 Å². The molecule has 2 aromatic carbocycles. The summed E-state index contributed by atoms with van der Waals surface area (Å²) in [6, 6.07) is 24.8. The van der Waals surface area contributed by atoms with Crippen molar-refractivity contribution in [2.45, 2.75) is 56.7 Å². The fourth-order valence-corrected chi connectivity index (χ4v) is 6.42. The second-order valence-corrected chi connectivity index (χ2v) is 10.7. The summed E-state index contributed by atoms with van der Waals surface area (Å²) >= 11 is 5.86. The first-order valence-corrected chi connectivity index (χ1v) is 14.0. The van der Waals surface area contributed by atoms with Crippen LogP contribution in [0, 0.1) is 0 Å². The van der Waals surface area contributed by atoms with Crippen LogP contribution in [0.3, 0.4) is 0 Å². The number of anilines is 1. The van der Waals surface area contributed by atoms with E-state index in [0.29, 0.717) is 24.1 Å². The van der Waals surface area contributed by atoms with Gasteiger partial charge in [0.15, 0.2) is 5.11 Å². The molecule has 38 heavy (non-hydrogen) atoms. The van der Waals surface area contributed by atoms with Gasteiger partial charge >= 0.3 is 0 Å². The number of carbonyl (C=O) groups excluding carboxylic acids is 1. The molecule has 7 heteroatoms. The van der Waals surface area contributed by atoms with Crippen molar-refractivity contribution in [2.24, 2.45) is 0 Å². The lowest BCUT2D eigenvalue weighted by atomic mass is 9.94. The molecule has 1 amide bonds. The fourth-order valence-electron chi connectivity index (χ4n) is 6.09. The molecule has 1 aliphatic carbocycles. The number of amides is 1. The van der Waals surface area contributed by atoms with Gasteiger partial charge in [-0.2, -0.15) is 0 Å². The normalized spacial score (nSPS) is 20.0. The van der Waals surface area contributed by atoms with Gasteiger partial charge in [0, 0.05) is 48.2 Å². The Morgan fingerprint density at radius 1 is 0.974 bits per heavy atom.